The molecular formula is C16H13ClN2S. The molecule has 100 valence electrons. The monoisotopic (exact) mass is 300 g/mol. The number of benzene rings is 2. The fraction of sp³-hybridized carbons (Fsp3) is 0.0625. The number of para-hydroxylation sites is 1. The average Bonchev–Trinajstić information content (AvgIpc) is 2.49. The summed E-state index contributed by atoms with van der Waals surface area (Å²) in [4.78, 5) is 5.70. The van der Waals surface area contributed by atoms with Gasteiger partial charge < -0.3 is 5.73 Å². The van der Waals surface area contributed by atoms with Gasteiger partial charge in [0.2, 0.25) is 0 Å². The summed E-state index contributed by atoms with van der Waals surface area (Å²) < 4.78 is 0. The van der Waals surface area contributed by atoms with Gasteiger partial charge in [-0.3, -0.25) is 0 Å². The Kier molecular flexibility index (Phi) is 3.92. The fourth-order valence-corrected chi connectivity index (χ4v) is 3.20. The summed E-state index contributed by atoms with van der Waals surface area (Å²) in [5, 5.41) is 2.76. The number of nitrogens with zero attached hydrogens (tertiary/aromatic N) is 1. The van der Waals surface area contributed by atoms with Crippen molar-refractivity contribution < 1.29 is 0 Å². The van der Waals surface area contributed by atoms with Crippen LogP contribution in [0.1, 0.15) is 5.56 Å². The first-order chi connectivity index (χ1) is 9.78. The van der Waals surface area contributed by atoms with Crippen molar-refractivity contribution in [2.45, 2.75) is 16.5 Å². The molecule has 3 rings (SSSR count). The van der Waals surface area contributed by atoms with Gasteiger partial charge >= 0.3 is 0 Å². The standard InChI is InChI=1S/C16H13ClN2S/c17-13-6-2-4-8-15(13)20-16-12(10-18)9-11-5-1-3-7-14(11)19-16/h1-9H,10,18H2. The Bertz CT molecular complexity index is 758. The molecule has 0 atom stereocenters. The highest BCUT2D eigenvalue weighted by molar-refractivity contribution is 7.99. The second kappa shape index (κ2) is 5.83. The highest BCUT2D eigenvalue weighted by Gasteiger charge is 2.09. The molecule has 0 aliphatic heterocycles. The molecule has 20 heavy (non-hydrogen) atoms. The summed E-state index contributed by atoms with van der Waals surface area (Å²) in [6, 6.07) is 17.9. The zero-order valence-electron chi connectivity index (χ0n) is 10.7. The molecule has 0 spiro atoms. The number of pyridine rings is 1. The Balaban J connectivity index is 2.08. The van der Waals surface area contributed by atoms with Crippen LogP contribution in [-0.4, -0.2) is 4.98 Å². The van der Waals surface area contributed by atoms with E-state index in [1.807, 2.05) is 48.5 Å². The fourth-order valence-electron chi connectivity index (χ4n) is 2.01. The lowest BCUT2D eigenvalue weighted by Crippen LogP contribution is -2.00. The minimum absolute atomic E-state index is 0.463. The molecule has 0 radical (unpaired) electrons. The summed E-state index contributed by atoms with van der Waals surface area (Å²) in [7, 11) is 0. The number of fused-ring (bicyclic) bond motifs is 1. The van der Waals surface area contributed by atoms with Crippen molar-refractivity contribution in [3.8, 4) is 0 Å². The van der Waals surface area contributed by atoms with Gasteiger partial charge in [0, 0.05) is 16.8 Å². The average molecular weight is 301 g/mol. The van der Waals surface area contributed by atoms with Crippen molar-refractivity contribution in [1.29, 1.82) is 0 Å². The Morgan fingerprint density at radius 3 is 2.60 bits per heavy atom. The van der Waals surface area contributed by atoms with Crippen molar-refractivity contribution in [3.05, 3.63) is 65.2 Å². The highest BCUT2D eigenvalue weighted by Crippen LogP contribution is 2.34. The van der Waals surface area contributed by atoms with E-state index < -0.39 is 0 Å². The Labute approximate surface area is 127 Å². The summed E-state index contributed by atoms with van der Waals surface area (Å²) in [6.07, 6.45) is 0. The minimum Gasteiger partial charge on any atom is -0.326 e. The molecular weight excluding hydrogens is 288 g/mol. The molecule has 4 heteroatoms. The van der Waals surface area contributed by atoms with Crippen LogP contribution in [0.25, 0.3) is 10.9 Å². The number of halogens is 1. The molecule has 0 bridgehead atoms. The summed E-state index contributed by atoms with van der Waals surface area (Å²) in [6.45, 7) is 0.463. The minimum atomic E-state index is 0.463. The normalized spacial score (nSPS) is 10.9. The van der Waals surface area contributed by atoms with Crippen LogP contribution in [0.2, 0.25) is 5.02 Å². The largest absolute Gasteiger partial charge is 0.326 e. The second-order valence-electron chi connectivity index (χ2n) is 4.38. The maximum Gasteiger partial charge on any atom is 0.106 e. The summed E-state index contributed by atoms with van der Waals surface area (Å²) in [5.41, 5.74) is 7.85. The number of hydrogen-bond donors (Lipinski definition) is 1. The van der Waals surface area contributed by atoms with Crippen LogP contribution in [0.4, 0.5) is 0 Å². The predicted molar refractivity (Wildman–Crippen MR) is 85.2 cm³/mol. The van der Waals surface area contributed by atoms with Gasteiger partial charge in [0.05, 0.1) is 10.5 Å². The molecule has 2 N–H and O–H groups in total. The predicted octanol–water partition coefficient (Wildman–Crippen LogP) is 4.50. The lowest BCUT2D eigenvalue weighted by atomic mass is 10.1. The van der Waals surface area contributed by atoms with E-state index in [4.69, 9.17) is 22.3 Å². The first-order valence-electron chi connectivity index (χ1n) is 6.29. The van der Waals surface area contributed by atoms with Crippen LogP contribution >= 0.6 is 23.4 Å². The summed E-state index contributed by atoms with van der Waals surface area (Å²) in [5.74, 6) is 0. The molecule has 0 aliphatic rings. The lowest BCUT2D eigenvalue weighted by Gasteiger charge is -2.09. The maximum absolute atomic E-state index is 6.21. The number of nitrogens with two attached hydrogens (primary N) is 1. The summed E-state index contributed by atoms with van der Waals surface area (Å²) >= 11 is 7.77. The van der Waals surface area contributed by atoms with E-state index >= 15 is 0 Å². The van der Waals surface area contributed by atoms with Crippen LogP contribution in [0.5, 0.6) is 0 Å². The zero-order chi connectivity index (χ0) is 13.9. The van der Waals surface area contributed by atoms with Crippen LogP contribution in [0.15, 0.2) is 64.5 Å². The van der Waals surface area contributed by atoms with Gasteiger partial charge in [0.25, 0.3) is 0 Å². The molecule has 0 unspecified atom stereocenters. The SMILES string of the molecule is NCc1cc2ccccc2nc1Sc1ccccc1Cl. The molecule has 0 amide bonds. The molecule has 1 aromatic heterocycles. The quantitative estimate of drug-likeness (QED) is 0.774. The van der Waals surface area contributed by atoms with E-state index in [-0.39, 0.29) is 0 Å². The topological polar surface area (TPSA) is 38.9 Å². The second-order valence-corrected chi connectivity index (χ2v) is 5.82. The molecule has 1 heterocycles. The lowest BCUT2D eigenvalue weighted by molar-refractivity contribution is 0.982. The molecule has 0 aliphatic carbocycles. The smallest absolute Gasteiger partial charge is 0.106 e. The molecule has 0 saturated carbocycles. The van der Waals surface area contributed by atoms with E-state index in [0.29, 0.717) is 6.54 Å². The Hall–Kier alpha value is -1.55. The van der Waals surface area contributed by atoms with Gasteiger partial charge in [-0.15, -0.1) is 0 Å². The van der Waals surface area contributed by atoms with Gasteiger partial charge in [0.15, 0.2) is 0 Å². The van der Waals surface area contributed by atoms with Crippen molar-refractivity contribution in [3.63, 3.8) is 0 Å². The maximum atomic E-state index is 6.21. The van der Waals surface area contributed by atoms with Crippen LogP contribution in [0, 0.1) is 0 Å². The van der Waals surface area contributed by atoms with Crippen molar-refractivity contribution in [1.82, 2.24) is 4.98 Å². The van der Waals surface area contributed by atoms with Crippen molar-refractivity contribution >= 4 is 34.3 Å². The third-order valence-electron chi connectivity index (χ3n) is 3.03. The van der Waals surface area contributed by atoms with Gasteiger partial charge in [0.1, 0.15) is 5.03 Å². The van der Waals surface area contributed by atoms with E-state index in [9.17, 15) is 0 Å². The van der Waals surface area contributed by atoms with E-state index in [2.05, 4.69) is 6.07 Å². The molecule has 0 saturated heterocycles. The third-order valence-corrected chi connectivity index (χ3v) is 4.59. The number of aromatic nitrogens is 1. The van der Waals surface area contributed by atoms with Gasteiger partial charge in [-0.1, -0.05) is 53.7 Å². The van der Waals surface area contributed by atoms with Gasteiger partial charge in [-0.25, -0.2) is 4.98 Å². The Morgan fingerprint density at radius 2 is 1.80 bits per heavy atom. The first kappa shape index (κ1) is 13.4. The van der Waals surface area contributed by atoms with Gasteiger partial charge in [-0.2, -0.15) is 0 Å². The number of rotatable bonds is 3. The molecule has 2 nitrogen and oxygen atoms in total. The van der Waals surface area contributed by atoms with Crippen LogP contribution in [-0.2, 0) is 6.54 Å². The van der Waals surface area contributed by atoms with Crippen LogP contribution < -0.4 is 5.73 Å². The first-order valence-corrected chi connectivity index (χ1v) is 7.48. The van der Waals surface area contributed by atoms with Crippen molar-refractivity contribution in [2.24, 2.45) is 5.73 Å². The van der Waals surface area contributed by atoms with Gasteiger partial charge in [-0.05, 0) is 29.8 Å². The molecule has 3 aromatic rings. The van der Waals surface area contributed by atoms with E-state index in [1.165, 1.54) is 0 Å². The van der Waals surface area contributed by atoms with Crippen molar-refractivity contribution in [2.75, 3.05) is 0 Å². The number of hydrogen-bond acceptors (Lipinski definition) is 3. The van der Waals surface area contributed by atoms with E-state index in [1.54, 1.807) is 11.8 Å². The van der Waals surface area contributed by atoms with E-state index in [0.717, 1.165) is 31.4 Å². The molecule has 2 aromatic carbocycles. The molecule has 0 fully saturated rings. The Morgan fingerprint density at radius 1 is 1.05 bits per heavy atom. The highest BCUT2D eigenvalue weighted by atomic mass is 35.5. The zero-order valence-corrected chi connectivity index (χ0v) is 12.3. The van der Waals surface area contributed by atoms with Crippen LogP contribution in [0.3, 0.4) is 0 Å². The third kappa shape index (κ3) is 2.66.